The summed E-state index contributed by atoms with van der Waals surface area (Å²) in [5.41, 5.74) is 4.56. The maximum absolute atomic E-state index is 6.58. The van der Waals surface area contributed by atoms with Gasteiger partial charge in [-0.3, -0.25) is 0 Å². The van der Waals surface area contributed by atoms with Crippen LogP contribution in [0.5, 0.6) is 5.75 Å². The molecule has 4 aromatic carbocycles. The minimum absolute atomic E-state index is 0.284. The van der Waals surface area contributed by atoms with Crippen molar-refractivity contribution in [1.82, 2.24) is 0 Å². The Morgan fingerprint density at radius 3 is 1.76 bits per heavy atom. The molecule has 5 nitrogen and oxygen atoms in total. The number of hydrogen-bond acceptors (Lipinski definition) is 5. The summed E-state index contributed by atoms with van der Waals surface area (Å²) in [6, 6.07) is 38.8. The van der Waals surface area contributed by atoms with Gasteiger partial charge in [0.15, 0.2) is 6.10 Å². The Morgan fingerprint density at radius 2 is 1.15 bits per heavy atom. The minimum atomic E-state index is -0.338. The monoisotopic (exact) mass is 550 g/mol. The lowest BCUT2D eigenvalue weighted by Gasteiger charge is -2.37. The normalized spacial score (nSPS) is 18.4. The summed E-state index contributed by atoms with van der Waals surface area (Å²) >= 11 is 0. The van der Waals surface area contributed by atoms with Crippen LogP contribution in [0.15, 0.2) is 127 Å². The molecule has 4 aromatic rings. The van der Waals surface area contributed by atoms with Crippen molar-refractivity contribution >= 4 is 0 Å². The molecule has 41 heavy (non-hydrogen) atoms. The average Bonchev–Trinajstić information content (AvgIpc) is 3.04. The first-order valence-corrected chi connectivity index (χ1v) is 14.2. The van der Waals surface area contributed by atoms with E-state index in [-0.39, 0.29) is 18.3 Å². The molecule has 0 radical (unpaired) electrons. The summed E-state index contributed by atoms with van der Waals surface area (Å²) in [5.74, 6) is 1.73. The van der Waals surface area contributed by atoms with Crippen LogP contribution in [-0.4, -0.2) is 32.0 Å². The van der Waals surface area contributed by atoms with Crippen LogP contribution in [0.2, 0.25) is 0 Å². The van der Waals surface area contributed by atoms with Gasteiger partial charge >= 0.3 is 0 Å². The molecule has 1 heterocycles. The standard InChI is InChI=1S/C36H38O5/c1-37-32-20-18-31(19-21-32)24-38-27-35-36(40-26-30-15-9-4-10-16-30)34(39-25-29-13-7-3-8-14-29)23-33(41-35)22-17-28-11-5-2-6-12-28/h2-16,18-21,23,34-36H,17,22,24-27H2,1H3/t34-,35-,36+/m1/s1. The predicted molar refractivity (Wildman–Crippen MR) is 160 cm³/mol. The zero-order valence-electron chi connectivity index (χ0n) is 23.6. The molecule has 0 N–H and O–H groups in total. The number of allylic oxidation sites excluding steroid dienone is 1. The third-order valence-corrected chi connectivity index (χ3v) is 7.13. The van der Waals surface area contributed by atoms with E-state index in [2.05, 4.69) is 54.6 Å². The van der Waals surface area contributed by atoms with Gasteiger partial charge in [0, 0.05) is 6.42 Å². The van der Waals surface area contributed by atoms with Crippen LogP contribution < -0.4 is 4.74 Å². The Morgan fingerprint density at radius 1 is 0.585 bits per heavy atom. The van der Waals surface area contributed by atoms with Crippen LogP contribution in [0, 0.1) is 0 Å². The van der Waals surface area contributed by atoms with E-state index >= 15 is 0 Å². The first-order chi connectivity index (χ1) is 20.3. The highest BCUT2D eigenvalue weighted by Gasteiger charge is 2.37. The van der Waals surface area contributed by atoms with Gasteiger partial charge in [0.1, 0.15) is 18.0 Å². The lowest BCUT2D eigenvalue weighted by atomic mass is 10.0. The number of methoxy groups -OCH3 is 1. The van der Waals surface area contributed by atoms with E-state index in [9.17, 15) is 0 Å². The van der Waals surface area contributed by atoms with Crippen molar-refractivity contribution in [1.29, 1.82) is 0 Å². The molecule has 0 aliphatic carbocycles. The predicted octanol–water partition coefficient (Wildman–Crippen LogP) is 7.30. The van der Waals surface area contributed by atoms with Crippen molar-refractivity contribution in [2.24, 2.45) is 0 Å². The van der Waals surface area contributed by atoms with Gasteiger partial charge in [0.25, 0.3) is 0 Å². The Hall–Kier alpha value is -3.90. The average molecular weight is 551 g/mol. The van der Waals surface area contributed by atoms with E-state index in [0.717, 1.165) is 41.0 Å². The lowest BCUT2D eigenvalue weighted by Crippen LogP contribution is -2.47. The molecule has 0 aromatic heterocycles. The molecule has 0 bridgehead atoms. The van der Waals surface area contributed by atoms with Crippen LogP contribution >= 0.6 is 0 Å². The lowest BCUT2D eigenvalue weighted by molar-refractivity contribution is -0.154. The maximum Gasteiger partial charge on any atom is 0.150 e. The highest BCUT2D eigenvalue weighted by atomic mass is 16.6. The molecule has 0 saturated carbocycles. The van der Waals surface area contributed by atoms with Crippen molar-refractivity contribution < 1.29 is 23.7 Å². The van der Waals surface area contributed by atoms with E-state index in [0.29, 0.717) is 26.4 Å². The van der Waals surface area contributed by atoms with Crippen LogP contribution in [0.1, 0.15) is 28.7 Å². The first kappa shape index (κ1) is 28.6. The summed E-state index contributed by atoms with van der Waals surface area (Å²) in [7, 11) is 1.67. The number of benzene rings is 4. The fourth-order valence-electron chi connectivity index (χ4n) is 4.87. The largest absolute Gasteiger partial charge is 0.497 e. The second-order valence-electron chi connectivity index (χ2n) is 10.2. The molecule has 0 saturated heterocycles. The molecule has 1 aliphatic rings. The Balaban J connectivity index is 1.32. The summed E-state index contributed by atoms with van der Waals surface area (Å²) < 4.78 is 31.1. The number of ether oxygens (including phenoxy) is 5. The molecular formula is C36H38O5. The van der Waals surface area contributed by atoms with Gasteiger partial charge in [-0.05, 0) is 46.9 Å². The molecule has 0 unspecified atom stereocenters. The SMILES string of the molecule is COc1ccc(COC[C@H]2OC(CCc3ccccc3)=C[C@@H](OCc3ccccc3)[C@@H]2OCc2ccccc2)cc1. The third kappa shape index (κ3) is 8.79. The number of rotatable bonds is 14. The molecule has 1 aliphatic heterocycles. The van der Waals surface area contributed by atoms with Gasteiger partial charge in [0.05, 0.1) is 39.3 Å². The fraction of sp³-hybridized carbons (Fsp3) is 0.278. The quantitative estimate of drug-likeness (QED) is 0.165. The molecule has 0 amide bonds. The summed E-state index contributed by atoms with van der Waals surface area (Å²) in [5, 5.41) is 0. The highest BCUT2D eigenvalue weighted by Crippen LogP contribution is 2.28. The van der Waals surface area contributed by atoms with Gasteiger partial charge in [-0.15, -0.1) is 0 Å². The summed E-state index contributed by atoms with van der Waals surface area (Å²) in [6.45, 7) is 1.79. The van der Waals surface area contributed by atoms with Crippen LogP contribution in [-0.2, 0) is 45.2 Å². The van der Waals surface area contributed by atoms with Gasteiger partial charge in [-0.1, -0.05) is 103 Å². The fourth-order valence-corrected chi connectivity index (χ4v) is 4.87. The van der Waals surface area contributed by atoms with Crippen molar-refractivity contribution in [2.45, 2.75) is 51.0 Å². The maximum atomic E-state index is 6.58. The van der Waals surface area contributed by atoms with Crippen molar-refractivity contribution in [3.63, 3.8) is 0 Å². The van der Waals surface area contributed by atoms with E-state index in [1.165, 1.54) is 5.56 Å². The molecule has 0 spiro atoms. The Bertz CT molecular complexity index is 1320. The minimum Gasteiger partial charge on any atom is -0.497 e. The van der Waals surface area contributed by atoms with E-state index in [1.807, 2.05) is 66.7 Å². The molecule has 5 rings (SSSR count). The first-order valence-electron chi connectivity index (χ1n) is 14.2. The zero-order valence-corrected chi connectivity index (χ0v) is 23.6. The summed E-state index contributed by atoms with van der Waals surface area (Å²) in [4.78, 5) is 0. The Labute approximate surface area is 243 Å². The topological polar surface area (TPSA) is 46.2 Å². The highest BCUT2D eigenvalue weighted by molar-refractivity contribution is 5.26. The summed E-state index contributed by atoms with van der Waals surface area (Å²) in [6.07, 6.45) is 2.81. The molecule has 0 fully saturated rings. The molecular weight excluding hydrogens is 512 g/mol. The number of aryl methyl sites for hydroxylation is 1. The van der Waals surface area contributed by atoms with E-state index in [4.69, 9.17) is 23.7 Å². The van der Waals surface area contributed by atoms with Gasteiger partial charge < -0.3 is 23.7 Å². The second kappa shape index (κ2) is 15.2. The van der Waals surface area contributed by atoms with E-state index < -0.39 is 0 Å². The van der Waals surface area contributed by atoms with Gasteiger partial charge in [-0.25, -0.2) is 0 Å². The van der Waals surface area contributed by atoms with Crippen molar-refractivity contribution in [3.8, 4) is 5.75 Å². The number of hydrogen-bond donors (Lipinski definition) is 0. The van der Waals surface area contributed by atoms with Gasteiger partial charge in [-0.2, -0.15) is 0 Å². The van der Waals surface area contributed by atoms with Crippen LogP contribution in [0.25, 0.3) is 0 Å². The van der Waals surface area contributed by atoms with Gasteiger partial charge in [0.2, 0.25) is 0 Å². The van der Waals surface area contributed by atoms with E-state index in [1.54, 1.807) is 7.11 Å². The zero-order chi connectivity index (χ0) is 28.1. The second-order valence-corrected chi connectivity index (χ2v) is 10.2. The van der Waals surface area contributed by atoms with Crippen LogP contribution in [0.4, 0.5) is 0 Å². The van der Waals surface area contributed by atoms with Crippen molar-refractivity contribution in [3.05, 3.63) is 149 Å². The Kier molecular flexibility index (Phi) is 10.6. The third-order valence-electron chi connectivity index (χ3n) is 7.13. The molecule has 5 heteroatoms. The molecule has 3 atom stereocenters. The van der Waals surface area contributed by atoms with Crippen LogP contribution in [0.3, 0.4) is 0 Å². The smallest absolute Gasteiger partial charge is 0.150 e. The van der Waals surface area contributed by atoms with Crippen molar-refractivity contribution in [2.75, 3.05) is 13.7 Å². The molecule has 212 valence electrons.